The van der Waals surface area contributed by atoms with Crippen LogP contribution < -0.4 is 10.5 Å². The van der Waals surface area contributed by atoms with Gasteiger partial charge < -0.3 is 15.2 Å². The van der Waals surface area contributed by atoms with E-state index in [0.717, 1.165) is 5.75 Å². The summed E-state index contributed by atoms with van der Waals surface area (Å²) in [6, 6.07) is 9.58. The fourth-order valence-corrected chi connectivity index (χ4v) is 1.02. The molecule has 0 saturated heterocycles. The topological polar surface area (TPSA) is 68.3 Å². The van der Waals surface area contributed by atoms with Crippen molar-refractivity contribution < 1.29 is 9.47 Å². The highest BCUT2D eigenvalue weighted by molar-refractivity contribution is 5.76. The monoisotopic (exact) mass is 208 g/mol. The van der Waals surface area contributed by atoms with Gasteiger partial charge in [0.1, 0.15) is 12.4 Å². The predicted octanol–water partition coefficient (Wildman–Crippen LogP) is 1.41. The summed E-state index contributed by atoms with van der Waals surface area (Å²) < 4.78 is 10.6. The largest absolute Gasteiger partial charge is 0.491 e. The Labute approximate surface area is 89.5 Å². The maximum atomic E-state index is 6.98. The zero-order valence-electron chi connectivity index (χ0n) is 8.61. The summed E-state index contributed by atoms with van der Waals surface area (Å²) in [6.45, 7) is 1.51. The number of para-hydroxylation sites is 1. The lowest BCUT2D eigenvalue weighted by Crippen LogP contribution is -2.14. The molecule has 0 aromatic heterocycles. The van der Waals surface area contributed by atoms with Gasteiger partial charge in [-0.2, -0.15) is 0 Å². The third-order valence-electron chi connectivity index (χ3n) is 1.76. The van der Waals surface area contributed by atoms with Crippen LogP contribution in [0.1, 0.15) is 6.42 Å². The van der Waals surface area contributed by atoms with E-state index >= 15 is 0 Å². The van der Waals surface area contributed by atoms with Crippen LogP contribution in [0, 0.1) is 5.41 Å². The van der Waals surface area contributed by atoms with Crippen LogP contribution in [-0.2, 0) is 4.74 Å². The Morgan fingerprint density at radius 3 is 2.53 bits per heavy atom. The number of amidine groups is 1. The molecule has 0 amide bonds. The first-order valence-electron chi connectivity index (χ1n) is 4.87. The van der Waals surface area contributed by atoms with E-state index in [1.807, 2.05) is 30.3 Å². The van der Waals surface area contributed by atoms with Crippen LogP contribution in [0.5, 0.6) is 5.75 Å². The summed E-state index contributed by atoms with van der Waals surface area (Å²) in [7, 11) is 0. The highest BCUT2D eigenvalue weighted by Crippen LogP contribution is 2.07. The molecule has 0 unspecified atom stereocenters. The SMILES string of the molecule is N=C(N)CCOCCOc1ccccc1. The molecule has 1 rings (SSSR count). The average molecular weight is 208 g/mol. The van der Waals surface area contributed by atoms with Crippen molar-refractivity contribution in [1.82, 2.24) is 0 Å². The number of benzene rings is 1. The van der Waals surface area contributed by atoms with Crippen LogP contribution in [0.4, 0.5) is 0 Å². The van der Waals surface area contributed by atoms with Gasteiger partial charge in [0.2, 0.25) is 0 Å². The Morgan fingerprint density at radius 2 is 1.87 bits per heavy atom. The normalized spacial score (nSPS) is 9.87. The number of hydrogen-bond donors (Lipinski definition) is 2. The maximum Gasteiger partial charge on any atom is 0.119 e. The molecule has 0 radical (unpaired) electrons. The lowest BCUT2D eigenvalue weighted by Gasteiger charge is -2.06. The van der Waals surface area contributed by atoms with E-state index in [2.05, 4.69) is 0 Å². The van der Waals surface area contributed by atoms with E-state index in [-0.39, 0.29) is 5.84 Å². The number of ether oxygens (including phenoxy) is 2. The van der Waals surface area contributed by atoms with E-state index in [4.69, 9.17) is 20.6 Å². The van der Waals surface area contributed by atoms with E-state index in [9.17, 15) is 0 Å². The van der Waals surface area contributed by atoms with Crippen LogP contribution in [-0.4, -0.2) is 25.7 Å². The number of rotatable bonds is 7. The number of nitrogens with two attached hydrogens (primary N) is 1. The van der Waals surface area contributed by atoms with Crippen molar-refractivity contribution in [3.8, 4) is 5.75 Å². The van der Waals surface area contributed by atoms with Crippen molar-refractivity contribution in [3.63, 3.8) is 0 Å². The number of nitrogens with one attached hydrogen (secondary N) is 1. The average Bonchev–Trinajstić information content (AvgIpc) is 2.24. The molecular weight excluding hydrogens is 192 g/mol. The third kappa shape index (κ3) is 5.70. The van der Waals surface area contributed by atoms with Gasteiger partial charge in [0.25, 0.3) is 0 Å². The van der Waals surface area contributed by atoms with Gasteiger partial charge in [0.15, 0.2) is 0 Å². The molecule has 0 aliphatic rings. The van der Waals surface area contributed by atoms with E-state index in [1.165, 1.54) is 0 Å². The highest BCUT2D eigenvalue weighted by Gasteiger charge is 1.93. The number of hydrogen-bond acceptors (Lipinski definition) is 3. The molecule has 1 aromatic rings. The lowest BCUT2D eigenvalue weighted by atomic mass is 10.3. The fourth-order valence-electron chi connectivity index (χ4n) is 1.02. The minimum Gasteiger partial charge on any atom is -0.491 e. The van der Waals surface area contributed by atoms with E-state index in [0.29, 0.717) is 26.2 Å². The first-order valence-corrected chi connectivity index (χ1v) is 4.87. The standard InChI is InChI=1S/C11H16N2O2/c12-11(13)6-7-14-8-9-15-10-4-2-1-3-5-10/h1-5H,6-9H2,(H3,12,13). The second-order valence-electron chi connectivity index (χ2n) is 3.05. The van der Waals surface area contributed by atoms with E-state index < -0.39 is 0 Å². The molecule has 1 aromatic carbocycles. The molecular formula is C11H16N2O2. The van der Waals surface area contributed by atoms with Crippen molar-refractivity contribution in [2.45, 2.75) is 6.42 Å². The molecule has 0 aliphatic carbocycles. The molecule has 0 fully saturated rings. The summed E-state index contributed by atoms with van der Waals surface area (Å²) in [6.07, 6.45) is 0.478. The third-order valence-corrected chi connectivity index (χ3v) is 1.76. The van der Waals surface area contributed by atoms with E-state index in [1.54, 1.807) is 0 Å². The summed E-state index contributed by atoms with van der Waals surface area (Å²) in [5.41, 5.74) is 5.17. The van der Waals surface area contributed by atoms with Crippen molar-refractivity contribution in [2.24, 2.45) is 5.73 Å². The van der Waals surface area contributed by atoms with Gasteiger partial charge in [-0.3, -0.25) is 5.41 Å². The molecule has 0 heterocycles. The van der Waals surface area contributed by atoms with Gasteiger partial charge in [0, 0.05) is 6.42 Å². The van der Waals surface area contributed by atoms with Crippen LogP contribution in [0.15, 0.2) is 30.3 Å². The van der Waals surface area contributed by atoms with Gasteiger partial charge >= 0.3 is 0 Å². The summed E-state index contributed by atoms with van der Waals surface area (Å²) >= 11 is 0. The molecule has 0 aliphatic heterocycles. The Kier molecular flexibility index (Phi) is 5.25. The molecule has 4 nitrogen and oxygen atoms in total. The molecule has 82 valence electrons. The maximum absolute atomic E-state index is 6.98. The van der Waals surface area contributed by atoms with Crippen LogP contribution in [0.2, 0.25) is 0 Å². The van der Waals surface area contributed by atoms with Crippen LogP contribution >= 0.6 is 0 Å². The summed E-state index contributed by atoms with van der Waals surface area (Å²) in [5.74, 6) is 0.992. The van der Waals surface area contributed by atoms with Crippen LogP contribution in [0.25, 0.3) is 0 Å². The molecule has 4 heteroatoms. The van der Waals surface area contributed by atoms with Crippen molar-refractivity contribution >= 4 is 5.84 Å². The lowest BCUT2D eigenvalue weighted by molar-refractivity contribution is 0.105. The second-order valence-corrected chi connectivity index (χ2v) is 3.05. The fraction of sp³-hybridized carbons (Fsp3) is 0.364. The molecule has 0 atom stereocenters. The Balaban J connectivity index is 2.00. The second kappa shape index (κ2) is 6.84. The predicted molar refractivity (Wildman–Crippen MR) is 59.3 cm³/mol. The Morgan fingerprint density at radius 1 is 1.13 bits per heavy atom. The minimum absolute atomic E-state index is 0.152. The van der Waals surface area contributed by atoms with Gasteiger partial charge in [-0.25, -0.2) is 0 Å². The minimum atomic E-state index is 0.152. The highest BCUT2D eigenvalue weighted by atomic mass is 16.5. The van der Waals surface area contributed by atoms with Crippen LogP contribution in [0.3, 0.4) is 0 Å². The van der Waals surface area contributed by atoms with Gasteiger partial charge in [-0.15, -0.1) is 0 Å². The first kappa shape index (κ1) is 11.5. The zero-order valence-corrected chi connectivity index (χ0v) is 8.61. The van der Waals surface area contributed by atoms with Crippen molar-refractivity contribution in [2.75, 3.05) is 19.8 Å². The Bertz CT molecular complexity index is 288. The van der Waals surface area contributed by atoms with Gasteiger partial charge in [-0.05, 0) is 12.1 Å². The molecule has 0 bridgehead atoms. The smallest absolute Gasteiger partial charge is 0.119 e. The zero-order chi connectivity index (χ0) is 10.9. The Hall–Kier alpha value is -1.55. The molecule has 0 spiro atoms. The summed E-state index contributed by atoms with van der Waals surface area (Å²) in [5, 5.41) is 6.98. The van der Waals surface area contributed by atoms with Crippen molar-refractivity contribution in [3.05, 3.63) is 30.3 Å². The molecule has 3 N–H and O–H groups in total. The van der Waals surface area contributed by atoms with Crippen molar-refractivity contribution in [1.29, 1.82) is 5.41 Å². The summed E-state index contributed by atoms with van der Waals surface area (Å²) in [4.78, 5) is 0. The van der Waals surface area contributed by atoms with Gasteiger partial charge in [-0.1, -0.05) is 18.2 Å². The molecule has 15 heavy (non-hydrogen) atoms. The first-order chi connectivity index (χ1) is 7.29. The molecule has 0 saturated carbocycles. The quantitative estimate of drug-likeness (QED) is 0.404. The van der Waals surface area contributed by atoms with Gasteiger partial charge in [0.05, 0.1) is 19.0 Å².